The summed E-state index contributed by atoms with van der Waals surface area (Å²) in [5.41, 5.74) is 3.21. The minimum atomic E-state index is -3.63. The average Bonchev–Trinajstić information content (AvgIpc) is 2.73. The largest absolute Gasteiger partial charge is 0.322 e. The maximum Gasteiger partial charge on any atom is 0.255 e. The van der Waals surface area contributed by atoms with E-state index in [1.165, 1.54) is 19.2 Å². The zero-order valence-corrected chi connectivity index (χ0v) is 16.9. The monoisotopic (exact) mass is 404 g/mol. The Hall–Kier alpha value is -3.40. The molecule has 3 aromatic rings. The van der Waals surface area contributed by atoms with E-state index in [2.05, 4.69) is 21.9 Å². The number of carbonyl (C=O) groups is 1. The van der Waals surface area contributed by atoms with Crippen molar-refractivity contribution in [2.24, 2.45) is 0 Å². The SMILES string of the molecule is CNS(=O)(=O)c1ccc(C)c(C(=O)Nc2cccc(C#Cc3ccccc3)c2)c1. The molecule has 0 atom stereocenters. The first kappa shape index (κ1) is 20.3. The third-order valence-electron chi connectivity index (χ3n) is 4.28. The number of sulfonamides is 1. The maximum absolute atomic E-state index is 12.7. The Morgan fingerprint density at radius 1 is 0.862 bits per heavy atom. The normalized spacial score (nSPS) is 10.7. The zero-order chi connectivity index (χ0) is 20.9. The fourth-order valence-electron chi connectivity index (χ4n) is 2.67. The summed E-state index contributed by atoms with van der Waals surface area (Å²) < 4.78 is 26.3. The van der Waals surface area contributed by atoms with Crippen LogP contribution < -0.4 is 10.0 Å². The number of benzene rings is 3. The molecule has 0 spiro atoms. The predicted octanol–water partition coefficient (Wildman–Crippen LogP) is 3.56. The number of anilines is 1. The minimum absolute atomic E-state index is 0.0400. The van der Waals surface area contributed by atoms with Gasteiger partial charge in [0.05, 0.1) is 4.90 Å². The Morgan fingerprint density at radius 2 is 1.55 bits per heavy atom. The van der Waals surface area contributed by atoms with Crippen molar-refractivity contribution in [3.63, 3.8) is 0 Å². The molecule has 0 radical (unpaired) electrons. The third-order valence-corrected chi connectivity index (χ3v) is 5.69. The van der Waals surface area contributed by atoms with Crippen LogP contribution in [0, 0.1) is 18.8 Å². The lowest BCUT2D eigenvalue weighted by Crippen LogP contribution is -2.20. The van der Waals surface area contributed by atoms with E-state index in [0.29, 0.717) is 16.8 Å². The van der Waals surface area contributed by atoms with Gasteiger partial charge in [-0.3, -0.25) is 4.79 Å². The molecule has 6 heteroatoms. The van der Waals surface area contributed by atoms with Crippen LogP contribution in [0.15, 0.2) is 77.7 Å². The lowest BCUT2D eigenvalue weighted by atomic mass is 10.1. The molecule has 0 heterocycles. The first-order chi connectivity index (χ1) is 13.9. The number of hydrogen-bond acceptors (Lipinski definition) is 3. The molecule has 5 nitrogen and oxygen atoms in total. The quantitative estimate of drug-likeness (QED) is 0.653. The highest BCUT2D eigenvalue weighted by atomic mass is 32.2. The second kappa shape index (κ2) is 8.74. The van der Waals surface area contributed by atoms with Crippen LogP contribution in [-0.4, -0.2) is 21.4 Å². The summed E-state index contributed by atoms with van der Waals surface area (Å²) >= 11 is 0. The number of nitrogens with one attached hydrogen (secondary N) is 2. The molecule has 0 unspecified atom stereocenters. The Morgan fingerprint density at radius 3 is 2.28 bits per heavy atom. The van der Waals surface area contributed by atoms with Gasteiger partial charge >= 0.3 is 0 Å². The summed E-state index contributed by atoms with van der Waals surface area (Å²) in [5, 5.41) is 2.81. The average molecular weight is 404 g/mol. The molecule has 0 aliphatic carbocycles. The summed E-state index contributed by atoms with van der Waals surface area (Å²) in [6, 6.07) is 21.3. The molecule has 0 aliphatic rings. The van der Waals surface area contributed by atoms with Crippen LogP contribution in [0.1, 0.15) is 27.0 Å². The fraction of sp³-hybridized carbons (Fsp3) is 0.0870. The van der Waals surface area contributed by atoms with Crippen molar-refractivity contribution < 1.29 is 13.2 Å². The van der Waals surface area contributed by atoms with Crippen LogP contribution in [0.4, 0.5) is 5.69 Å². The minimum Gasteiger partial charge on any atom is -0.322 e. The Labute approximate surface area is 170 Å². The van der Waals surface area contributed by atoms with Crippen LogP contribution >= 0.6 is 0 Å². The summed E-state index contributed by atoms with van der Waals surface area (Å²) in [6.07, 6.45) is 0. The van der Waals surface area contributed by atoms with Crippen molar-refractivity contribution in [3.05, 3.63) is 95.1 Å². The molecule has 3 aromatic carbocycles. The lowest BCUT2D eigenvalue weighted by Gasteiger charge is -2.10. The van der Waals surface area contributed by atoms with Gasteiger partial charge in [0.15, 0.2) is 0 Å². The van der Waals surface area contributed by atoms with Gasteiger partial charge in [0.2, 0.25) is 10.0 Å². The second-order valence-electron chi connectivity index (χ2n) is 6.34. The van der Waals surface area contributed by atoms with E-state index in [-0.39, 0.29) is 10.8 Å². The molecule has 3 rings (SSSR count). The number of hydrogen-bond donors (Lipinski definition) is 2. The van der Waals surface area contributed by atoms with E-state index in [9.17, 15) is 13.2 Å². The van der Waals surface area contributed by atoms with E-state index >= 15 is 0 Å². The molecule has 29 heavy (non-hydrogen) atoms. The number of rotatable bonds is 4. The van der Waals surface area contributed by atoms with Crippen molar-refractivity contribution in [2.75, 3.05) is 12.4 Å². The summed E-state index contributed by atoms with van der Waals surface area (Å²) in [7, 11) is -2.30. The molecular formula is C23H20N2O3S. The number of carbonyl (C=O) groups excluding carboxylic acids is 1. The maximum atomic E-state index is 12.7. The molecular weight excluding hydrogens is 384 g/mol. The molecule has 0 saturated carbocycles. The highest BCUT2D eigenvalue weighted by Gasteiger charge is 2.16. The van der Waals surface area contributed by atoms with E-state index in [1.54, 1.807) is 31.2 Å². The first-order valence-corrected chi connectivity index (χ1v) is 10.4. The molecule has 146 valence electrons. The highest BCUT2D eigenvalue weighted by Crippen LogP contribution is 2.18. The van der Waals surface area contributed by atoms with Crippen LogP contribution in [0.25, 0.3) is 0 Å². The van der Waals surface area contributed by atoms with E-state index < -0.39 is 10.0 Å². The van der Waals surface area contributed by atoms with Gasteiger partial charge in [-0.2, -0.15) is 0 Å². The fourth-order valence-corrected chi connectivity index (χ4v) is 3.43. The molecule has 0 fully saturated rings. The van der Waals surface area contributed by atoms with E-state index in [4.69, 9.17) is 0 Å². The Balaban J connectivity index is 1.83. The van der Waals surface area contributed by atoms with Gasteiger partial charge in [0, 0.05) is 22.4 Å². The van der Waals surface area contributed by atoms with Gasteiger partial charge in [0.1, 0.15) is 0 Å². The lowest BCUT2D eigenvalue weighted by molar-refractivity contribution is 0.102. The number of aryl methyl sites for hydroxylation is 1. The van der Waals surface area contributed by atoms with Gasteiger partial charge in [0.25, 0.3) is 5.91 Å². The van der Waals surface area contributed by atoms with Crippen molar-refractivity contribution in [3.8, 4) is 11.8 Å². The molecule has 0 saturated heterocycles. The van der Waals surface area contributed by atoms with Gasteiger partial charge < -0.3 is 5.32 Å². The topological polar surface area (TPSA) is 75.3 Å². The molecule has 0 bridgehead atoms. The van der Waals surface area contributed by atoms with Crippen LogP contribution in [0.2, 0.25) is 0 Å². The first-order valence-electron chi connectivity index (χ1n) is 8.92. The van der Waals surface area contributed by atoms with Crippen LogP contribution in [0.5, 0.6) is 0 Å². The van der Waals surface area contributed by atoms with Crippen LogP contribution in [0.3, 0.4) is 0 Å². The van der Waals surface area contributed by atoms with Crippen molar-refractivity contribution >= 4 is 21.6 Å². The van der Waals surface area contributed by atoms with Crippen molar-refractivity contribution in [1.29, 1.82) is 0 Å². The number of amides is 1. The smallest absolute Gasteiger partial charge is 0.255 e. The molecule has 0 aliphatic heterocycles. The zero-order valence-electron chi connectivity index (χ0n) is 16.1. The standard InChI is InChI=1S/C23H20N2O3S/c1-17-11-14-21(29(27,28)24-2)16-22(17)23(26)25-20-10-6-9-19(15-20)13-12-18-7-4-3-5-8-18/h3-11,14-16,24H,1-2H3,(H,25,26). The predicted molar refractivity (Wildman–Crippen MR) is 114 cm³/mol. The van der Waals surface area contributed by atoms with E-state index in [0.717, 1.165) is 11.1 Å². The van der Waals surface area contributed by atoms with Gasteiger partial charge in [-0.15, -0.1) is 0 Å². The molecule has 0 aromatic heterocycles. The summed E-state index contributed by atoms with van der Waals surface area (Å²) in [5.74, 6) is 5.76. The highest BCUT2D eigenvalue weighted by molar-refractivity contribution is 7.89. The van der Waals surface area contributed by atoms with Crippen molar-refractivity contribution in [2.45, 2.75) is 11.8 Å². The molecule has 2 N–H and O–H groups in total. The second-order valence-corrected chi connectivity index (χ2v) is 8.22. The van der Waals surface area contributed by atoms with Crippen molar-refractivity contribution in [1.82, 2.24) is 4.72 Å². The van der Waals surface area contributed by atoms with Gasteiger partial charge in [-0.1, -0.05) is 42.2 Å². The van der Waals surface area contributed by atoms with Gasteiger partial charge in [-0.25, -0.2) is 13.1 Å². The molecule has 1 amide bonds. The third kappa shape index (κ3) is 5.11. The summed E-state index contributed by atoms with van der Waals surface area (Å²) in [4.78, 5) is 12.8. The van der Waals surface area contributed by atoms with Gasteiger partial charge in [-0.05, 0) is 62.0 Å². The van der Waals surface area contributed by atoms with E-state index in [1.807, 2.05) is 36.4 Å². The Kier molecular flexibility index (Phi) is 6.13. The summed E-state index contributed by atoms with van der Waals surface area (Å²) in [6.45, 7) is 1.76. The Bertz CT molecular complexity index is 1210. The van der Waals surface area contributed by atoms with Crippen LogP contribution in [-0.2, 0) is 10.0 Å².